The number of hydrogen-bond acceptors (Lipinski definition) is 4. The molecule has 5 nitrogen and oxygen atoms in total. The van der Waals surface area contributed by atoms with Crippen molar-refractivity contribution in [1.29, 1.82) is 0 Å². The van der Waals surface area contributed by atoms with E-state index in [-0.39, 0.29) is 23.0 Å². The maximum absolute atomic E-state index is 11.8. The average Bonchev–Trinajstić information content (AvgIpc) is 2.77. The number of aromatic hydroxyl groups is 2. The Morgan fingerprint density at radius 3 is 2.65 bits per heavy atom. The minimum absolute atomic E-state index is 0.113. The van der Waals surface area contributed by atoms with Crippen molar-refractivity contribution >= 4 is 5.91 Å². The molecular weight excluding hydrogens is 220 g/mol. The number of hydrogen-bond donors (Lipinski definition) is 4. The molecule has 1 aromatic carbocycles. The van der Waals surface area contributed by atoms with Crippen LogP contribution in [0.4, 0.5) is 0 Å². The number of carbonyl (C=O) groups excluding carboxylic acids is 1. The van der Waals surface area contributed by atoms with Crippen LogP contribution in [0.25, 0.3) is 0 Å². The molecule has 0 aliphatic carbocycles. The Balaban J connectivity index is 1.94. The van der Waals surface area contributed by atoms with Gasteiger partial charge in [0.1, 0.15) is 11.5 Å². The molecule has 1 fully saturated rings. The fraction of sp³-hybridized carbons (Fsp3) is 0.417. The lowest BCUT2D eigenvalue weighted by Crippen LogP contribution is -2.30. The van der Waals surface area contributed by atoms with E-state index in [0.29, 0.717) is 12.5 Å². The summed E-state index contributed by atoms with van der Waals surface area (Å²) in [7, 11) is 0. The predicted molar refractivity (Wildman–Crippen MR) is 63.1 cm³/mol. The SMILES string of the molecule is O=C(NCC1CCNC1)c1cc(O)cc(O)c1. The van der Waals surface area contributed by atoms with Crippen molar-refractivity contribution in [3.63, 3.8) is 0 Å². The van der Waals surface area contributed by atoms with Crippen molar-refractivity contribution in [2.75, 3.05) is 19.6 Å². The maximum Gasteiger partial charge on any atom is 0.251 e. The van der Waals surface area contributed by atoms with Crippen LogP contribution in [0.1, 0.15) is 16.8 Å². The highest BCUT2D eigenvalue weighted by Crippen LogP contribution is 2.20. The lowest BCUT2D eigenvalue weighted by Gasteiger charge is -2.10. The largest absolute Gasteiger partial charge is 0.508 e. The van der Waals surface area contributed by atoms with Crippen LogP contribution in [0.2, 0.25) is 0 Å². The monoisotopic (exact) mass is 236 g/mol. The van der Waals surface area contributed by atoms with Gasteiger partial charge in [-0.1, -0.05) is 0 Å². The quantitative estimate of drug-likeness (QED) is 0.613. The van der Waals surface area contributed by atoms with Crippen LogP contribution in [0, 0.1) is 5.92 Å². The highest BCUT2D eigenvalue weighted by molar-refractivity contribution is 5.95. The predicted octanol–water partition coefficient (Wildman–Crippen LogP) is 0.437. The number of amides is 1. The minimum Gasteiger partial charge on any atom is -0.508 e. The first-order chi connectivity index (χ1) is 8.15. The molecule has 1 heterocycles. The summed E-state index contributed by atoms with van der Waals surface area (Å²) in [6, 6.07) is 3.86. The first kappa shape index (κ1) is 11.7. The molecule has 17 heavy (non-hydrogen) atoms. The lowest BCUT2D eigenvalue weighted by molar-refractivity contribution is 0.0947. The summed E-state index contributed by atoms with van der Waals surface area (Å²) in [6.07, 6.45) is 1.06. The minimum atomic E-state index is -0.275. The Hall–Kier alpha value is -1.75. The molecular formula is C12H16N2O3. The van der Waals surface area contributed by atoms with Gasteiger partial charge in [-0.15, -0.1) is 0 Å². The third-order valence-corrected chi connectivity index (χ3v) is 2.88. The van der Waals surface area contributed by atoms with Crippen LogP contribution in [0.3, 0.4) is 0 Å². The first-order valence-electron chi connectivity index (χ1n) is 5.67. The summed E-state index contributed by atoms with van der Waals surface area (Å²) < 4.78 is 0. The zero-order valence-electron chi connectivity index (χ0n) is 9.44. The van der Waals surface area contributed by atoms with Crippen molar-refractivity contribution in [2.24, 2.45) is 5.92 Å². The topological polar surface area (TPSA) is 81.6 Å². The van der Waals surface area contributed by atoms with Crippen molar-refractivity contribution in [2.45, 2.75) is 6.42 Å². The van der Waals surface area contributed by atoms with Crippen LogP contribution in [-0.4, -0.2) is 35.8 Å². The van der Waals surface area contributed by atoms with Crippen molar-refractivity contribution in [3.8, 4) is 11.5 Å². The summed E-state index contributed by atoms with van der Waals surface area (Å²) in [5, 5.41) is 24.6. The second kappa shape index (κ2) is 5.05. The number of rotatable bonds is 3. The molecule has 1 saturated heterocycles. The van der Waals surface area contributed by atoms with Crippen LogP contribution < -0.4 is 10.6 Å². The van der Waals surface area contributed by atoms with E-state index in [9.17, 15) is 15.0 Å². The Labute approximate surface area is 99.5 Å². The van der Waals surface area contributed by atoms with E-state index in [0.717, 1.165) is 19.5 Å². The number of phenols is 2. The zero-order valence-corrected chi connectivity index (χ0v) is 9.44. The van der Waals surface area contributed by atoms with Gasteiger partial charge in [0.25, 0.3) is 5.91 Å². The van der Waals surface area contributed by atoms with Gasteiger partial charge < -0.3 is 20.8 Å². The molecule has 92 valence electrons. The van der Waals surface area contributed by atoms with Crippen LogP contribution in [0.15, 0.2) is 18.2 Å². The van der Waals surface area contributed by atoms with E-state index in [2.05, 4.69) is 10.6 Å². The number of phenolic OH excluding ortho intramolecular Hbond substituents is 2. The Morgan fingerprint density at radius 2 is 2.06 bits per heavy atom. The first-order valence-corrected chi connectivity index (χ1v) is 5.67. The molecule has 1 aromatic rings. The number of carbonyl (C=O) groups is 1. The highest BCUT2D eigenvalue weighted by atomic mass is 16.3. The van der Waals surface area contributed by atoms with Gasteiger partial charge in [-0.05, 0) is 37.6 Å². The molecule has 1 unspecified atom stereocenters. The fourth-order valence-corrected chi connectivity index (χ4v) is 1.95. The molecule has 1 atom stereocenters. The third kappa shape index (κ3) is 3.10. The molecule has 1 aliphatic rings. The molecule has 0 saturated carbocycles. The number of nitrogens with one attached hydrogen (secondary N) is 2. The van der Waals surface area contributed by atoms with Gasteiger partial charge in [-0.3, -0.25) is 4.79 Å². The maximum atomic E-state index is 11.8. The Morgan fingerprint density at radius 1 is 1.35 bits per heavy atom. The van der Waals surface area contributed by atoms with Gasteiger partial charge >= 0.3 is 0 Å². The van der Waals surface area contributed by atoms with Gasteiger partial charge in [-0.25, -0.2) is 0 Å². The molecule has 0 spiro atoms. The van der Waals surface area contributed by atoms with E-state index in [1.165, 1.54) is 18.2 Å². The van der Waals surface area contributed by atoms with E-state index in [1.807, 2.05) is 0 Å². The van der Waals surface area contributed by atoms with E-state index >= 15 is 0 Å². The van der Waals surface area contributed by atoms with Crippen molar-refractivity contribution in [1.82, 2.24) is 10.6 Å². The van der Waals surface area contributed by atoms with E-state index in [4.69, 9.17) is 0 Å². The molecule has 4 N–H and O–H groups in total. The molecule has 0 radical (unpaired) electrons. The standard InChI is InChI=1S/C12H16N2O3/c15-10-3-9(4-11(16)5-10)12(17)14-7-8-1-2-13-6-8/h3-5,8,13,15-16H,1-2,6-7H2,(H,14,17). The van der Waals surface area contributed by atoms with E-state index < -0.39 is 0 Å². The summed E-state index contributed by atoms with van der Waals surface area (Å²) in [4.78, 5) is 11.8. The van der Waals surface area contributed by atoms with Gasteiger partial charge in [0, 0.05) is 18.2 Å². The summed E-state index contributed by atoms with van der Waals surface area (Å²) in [5.41, 5.74) is 0.272. The Bertz CT molecular complexity index is 394. The van der Waals surface area contributed by atoms with Gasteiger partial charge in [0.15, 0.2) is 0 Å². The summed E-state index contributed by atoms with van der Waals surface area (Å²) >= 11 is 0. The second-order valence-electron chi connectivity index (χ2n) is 4.31. The fourth-order valence-electron chi connectivity index (χ4n) is 1.95. The molecule has 0 bridgehead atoms. The smallest absolute Gasteiger partial charge is 0.251 e. The molecule has 2 rings (SSSR count). The molecule has 1 aliphatic heterocycles. The van der Waals surface area contributed by atoms with Gasteiger partial charge in [0.2, 0.25) is 0 Å². The van der Waals surface area contributed by atoms with Crippen molar-refractivity contribution in [3.05, 3.63) is 23.8 Å². The van der Waals surface area contributed by atoms with Crippen LogP contribution in [-0.2, 0) is 0 Å². The summed E-state index contributed by atoms with van der Waals surface area (Å²) in [6.45, 7) is 2.53. The van der Waals surface area contributed by atoms with E-state index in [1.54, 1.807) is 0 Å². The molecule has 0 aromatic heterocycles. The third-order valence-electron chi connectivity index (χ3n) is 2.88. The summed E-state index contributed by atoms with van der Waals surface area (Å²) in [5.74, 6) is -0.0386. The Kier molecular flexibility index (Phi) is 3.49. The van der Waals surface area contributed by atoms with Crippen molar-refractivity contribution < 1.29 is 15.0 Å². The number of benzene rings is 1. The van der Waals surface area contributed by atoms with Crippen LogP contribution >= 0.6 is 0 Å². The zero-order chi connectivity index (χ0) is 12.3. The molecule has 5 heteroatoms. The van der Waals surface area contributed by atoms with Crippen LogP contribution in [0.5, 0.6) is 11.5 Å². The normalized spacial score (nSPS) is 19.2. The highest BCUT2D eigenvalue weighted by Gasteiger charge is 2.16. The second-order valence-corrected chi connectivity index (χ2v) is 4.31. The lowest BCUT2D eigenvalue weighted by atomic mass is 10.1. The molecule has 1 amide bonds. The van der Waals surface area contributed by atoms with Gasteiger partial charge in [0.05, 0.1) is 0 Å². The van der Waals surface area contributed by atoms with Gasteiger partial charge in [-0.2, -0.15) is 0 Å². The average molecular weight is 236 g/mol.